The van der Waals surface area contributed by atoms with Crippen molar-refractivity contribution in [2.45, 2.75) is 32.2 Å². The topological polar surface area (TPSA) is 61.4 Å². The van der Waals surface area contributed by atoms with Crippen molar-refractivity contribution in [3.8, 4) is 0 Å². The summed E-state index contributed by atoms with van der Waals surface area (Å²) >= 11 is 0. The van der Waals surface area contributed by atoms with Gasteiger partial charge in [0.1, 0.15) is 6.04 Å². The molecule has 1 fully saturated rings. The normalized spacial score (nSPS) is 18.4. The standard InChI is InChI=1S/C20H21N3O2/c1-2-13-5-8-15(9-6-13)21-19(24)14-7-10-17-16(12-14)22-20(25)18-4-3-11-23(17)18/h5-10,12,18H,2-4,11H2,1H3,(H,21,24)(H,22,25). The average Bonchev–Trinajstić information content (AvgIpc) is 3.12. The molecule has 2 aromatic carbocycles. The molecule has 25 heavy (non-hydrogen) atoms. The smallest absolute Gasteiger partial charge is 0.255 e. The Morgan fingerprint density at radius 2 is 2.04 bits per heavy atom. The quantitative estimate of drug-likeness (QED) is 0.903. The average molecular weight is 335 g/mol. The second-order valence-electron chi connectivity index (χ2n) is 6.58. The van der Waals surface area contributed by atoms with E-state index in [2.05, 4.69) is 22.5 Å². The van der Waals surface area contributed by atoms with Gasteiger partial charge in [-0.1, -0.05) is 19.1 Å². The van der Waals surface area contributed by atoms with Crippen molar-refractivity contribution in [2.24, 2.45) is 0 Å². The molecule has 128 valence electrons. The van der Waals surface area contributed by atoms with Crippen LogP contribution in [-0.4, -0.2) is 24.4 Å². The van der Waals surface area contributed by atoms with Crippen LogP contribution in [-0.2, 0) is 11.2 Å². The lowest BCUT2D eigenvalue weighted by Crippen LogP contribution is -2.43. The Bertz CT molecular complexity index is 829. The van der Waals surface area contributed by atoms with Gasteiger partial charge in [-0.15, -0.1) is 0 Å². The number of aryl methyl sites for hydroxylation is 1. The second-order valence-corrected chi connectivity index (χ2v) is 6.58. The van der Waals surface area contributed by atoms with Gasteiger partial charge < -0.3 is 15.5 Å². The maximum absolute atomic E-state index is 12.5. The van der Waals surface area contributed by atoms with Gasteiger partial charge in [0.25, 0.3) is 5.91 Å². The number of carbonyl (C=O) groups is 2. The molecule has 5 heteroatoms. The predicted octanol–water partition coefficient (Wildman–Crippen LogP) is 3.42. The molecule has 2 aliphatic heterocycles. The first-order chi connectivity index (χ1) is 12.2. The largest absolute Gasteiger partial charge is 0.358 e. The summed E-state index contributed by atoms with van der Waals surface area (Å²) in [5, 5.41) is 5.85. The highest BCUT2D eigenvalue weighted by molar-refractivity contribution is 6.08. The Morgan fingerprint density at radius 3 is 2.80 bits per heavy atom. The third-order valence-electron chi connectivity index (χ3n) is 5.00. The van der Waals surface area contributed by atoms with Crippen LogP contribution in [0.2, 0.25) is 0 Å². The van der Waals surface area contributed by atoms with Crippen LogP contribution in [0.4, 0.5) is 17.1 Å². The van der Waals surface area contributed by atoms with E-state index in [0.717, 1.165) is 42.9 Å². The monoisotopic (exact) mass is 335 g/mol. The summed E-state index contributed by atoms with van der Waals surface area (Å²) in [6, 6.07) is 13.3. The highest BCUT2D eigenvalue weighted by atomic mass is 16.2. The molecule has 2 N–H and O–H groups in total. The van der Waals surface area contributed by atoms with Gasteiger partial charge in [0.15, 0.2) is 0 Å². The molecule has 2 aliphatic rings. The highest BCUT2D eigenvalue weighted by Crippen LogP contribution is 2.37. The number of nitrogens with one attached hydrogen (secondary N) is 2. The van der Waals surface area contributed by atoms with E-state index < -0.39 is 0 Å². The molecule has 0 saturated carbocycles. The first-order valence-electron chi connectivity index (χ1n) is 8.77. The first kappa shape index (κ1) is 15.7. The number of benzene rings is 2. The van der Waals surface area contributed by atoms with Gasteiger partial charge in [0.05, 0.1) is 11.4 Å². The number of hydrogen-bond acceptors (Lipinski definition) is 3. The van der Waals surface area contributed by atoms with Crippen LogP contribution in [0.5, 0.6) is 0 Å². The molecule has 1 unspecified atom stereocenters. The molecule has 0 aromatic heterocycles. The minimum absolute atomic E-state index is 0.0257. The summed E-state index contributed by atoms with van der Waals surface area (Å²) in [4.78, 5) is 26.9. The zero-order valence-electron chi connectivity index (χ0n) is 14.2. The summed E-state index contributed by atoms with van der Waals surface area (Å²) in [6.45, 7) is 2.99. The lowest BCUT2D eigenvalue weighted by Gasteiger charge is -2.33. The van der Waals surface area contributed by atoms with Crippen molar-refractivity contribution in [3.05, 3.63) is 53.6 Å². The van der Waals surface area contributed by atoms with Crippen LogP contribution in [0.25, 0.3) is 0 Å². The van der Waals surface area contributed by atoms with Gasteiger partial charge in [-0.25, -0.2) is 0 Å². The van der Waals surface area contributed by atoms with Gasteiger partial charge in [-0.2, -0.15) is 0 Å². The minimum Gasteiger partial charge on any atom is -0.358 e. The maximum Gasteiger partial charge on any atom is 0.255 e. The van der Waals surface area contributed by atoms with E-state index in [1.807, 2.05) is 36.4 Å². The van der Waals surface area contributed by atoms with E-state index in [1.165, 1.54) is 5.56 Å². The predicted molar refractivity (Wildman–Crippen MR) is 99.2 cm³/mol. The molecule has 2 heterocycles. The summed E-state index contributed by atoms with van der Waals surface area (Å²) < 4.78 is 0. The molecular formula is C20H21N3O2. The fourth-order valence-corrected chi connectivity index (χ4v) is 3.60. The van der Waals surface area contributed by atoms with Crippen LogP contribution in [0.15, 0.2) is 42.5 Å². The molecular weight excluding hydrogens is 314 g/mol. The number of carbonyl (C=O) groups excluding carboxylic acids is 2. The second kappa shape index (κ2) is 6.24. The molecule has 5 nitrogen and oxygen atoms in total. The Kier molecular flexibility index (Phi) is 3.92. The van der Waals surface area contributed by atoms with E-state index in [-0.39, 0.29) is 17.9 Å². The summed E-state index contributed by atoms with van der Waals surface area (Å²) in [5.74, 6) is -0.150. The maximum atomic E-state index is 12.5. The molecule has 0 radical (unpaired) electrons. The van der Waals surface area contributed by atoms with Crippen molar-refractivity contribution in [1.82, 2.24) is 0 Å². The van der Waals surface area contributed by atoms with Crippen molar-refractivity contribution >= 4 is 28.9 Å². The van der Waals surface area contributed by atoms with Gasteiger partial charge in [-0.3, -0.25) is 9.59 Å². The van der Waals surface area contributed by atoms with Crippen LogP contribution in [0.1, 0.15) is 35.7 Å². The molecule has 0 spiro atoms. The molecule has 4 rings (SSSR count). The van der Waals surface area contributed by atoms with Crippen LogP contribution < -0.4 is 15.5 Å². The molecule has 0 bridgehead atoms. The van der Waals surface area contributed by atoms with E-state index in [4.69, 9.17) is 0 Å². The van der Waals surface area contributed by atoms with Gasteiger partial charge in [0.2, 0.25) is 5.91 Å². The fraction of sp³-hybridized carbons (Fsp3) is 0.300. The van der Waals surface area contributed by atoms with Crippen molar-refractivity contribution < 1.29 is 9.59 Å². The molecule has 1 atom stereocenters. The van der Waals surface area contributed by atoms with Gasteiger partial charge >= 0.3 is 0 Å². The summed E-state index contributed by atoms with van der Waals surface area (Å²) in [7, 11) is 0. The number of amides is 2. The van der Waals surface area contributed by atoms with Gasteiger partial charge in [0, 0.05) is 17.8 Å². The Labute approximate surface area is 147 Å². The molecule has 1 saturated heterocycles. The van der Waals surface area contributed by atoms with Gasteiger partial charge in [-0.05, 0) is 55.2 Å². The Morgan fingerprint density at radius 1 is 1.24 bits per heavy atom. The number of nitrogens with zero attached hydrogens (tertiary/aromatic N) is 1. The van der Waals surface area contributed by atoms with E-state index in [0.29, 0.717) is 5.56 Å². The van der Waals surface area contributed by atoms with Crippen molar-refractivity contribution in [2.75, 3.05) is 22.1 Å². The van der Waals surface area contributed by atoms with Crippen LogP contribution >= 0.6 is 0 Å². The van der Waals surface area contributed by atoms with Crippen molar-refractivity contribution in [1.29, 1.82) is 0 Å². The van der Waals surface area contributed by atoms with Crippen LogP contribution in [0, 0.1) is 0 Å². The summed E-state index contributed by atoms with van der Waals surface area (Å²) in [5.41, 5.74) is 4.26. The molecule has 2 aromatic rings. The third-order valence-corrected chi connectivity index (χ3v) is 5.00. The number of rotatable bonds is 3. The zero-order valence-corrected chi connectivity index (χ0v) is 14.2. The Hall–Kier alpha value is -2.82. The number of anilines is 3. The zero-order chi connectivity index (χ0) is 17.4. The lowest BCUT2D eigenvalue weighted by atomic mass is 10.1. The highest BCUT2D eigenvalue weighted by Gasteiger charge is 2.36. The van der Waals surface area contributed by atoms with E-state index in [9.17, 15) is 9.59 Å². The molecule has 2 amide bonds. The third kappa shape index (κ3) is 2.86. The van der Waals surface area contributed by atoms with Crippen LogP contribution in [0.3, 0.4) is 0 Å². The number of hydrogen-bond donors (Lipinski definition) is 2. The fourth-order valence-electron chi connectivity index (χ4n) is 3.60. The van der Waals surface area contributed by atoms with E-state index in [1.54, 1.807) is 6.07 Å². The lowest BCUT2D eigenvalue weighted by molar-refractivity contribution is -0.117. The van der Waals surface area contributed by atoms with E-state index >= 15 is 0 Å². The summed E-state index contributed by atoms with van der Waals surface area (Å²) in [6.07, 6.45) is 2.88. The van der Waals surface area contributed by atoms with Crippen molar-refractivity contribution in [3.63, 3.8) is 0 Å². The first-order valence-corrected chi connectivity index (χ1v) is 8.77. The number of fused-ring (bicyclic) bond motifs is 3. The Balaban J connectivity index is 1.56. The SMILES string of the molecule is CCc1ccc(NC(=O)c2ccc3c(c2)NC(=O)C2CCCN32)cc1. The molecule has 0 aliphatic carbocycles. The minimum atomic E-state index is -0.176.